The summed E-state index contributed by atoms with van der Waals surface area (Å²) in [4.78, 5) is 12.3. The number of hydrogen-bond donors (Lipinski definition) is 1. The van der Waals surface area contributed by atoms with Crippen LogP contribution >= 0.6 is 0 Å². The van der Waals surface area contributed by atoms with E-state index in [9.17, 15) is 4.79 Å². The Hall–Kier alpha value is -1.95. The Morgan fingerprint density at radius 1 is 1.29 bits per heavy atom. The van der Waals surface area contributed by atoms with E-state index < -0.39 is 11.6 Å². The van der Waals surface area contributed by atoms with E-state index >= 15 is 0 Å². The summed E-state index contributed by atoms with van der Waals surface area (Å²) in [6.45, 7) is 11.5. The van der Waals surface area contributed by atoms with E-state index in [4.69, 9.17) is 4.74 Å². The van der Waals surface area contributed by atoms with Crippen LogP contribution in [0.5, 0.6) is 5.75 Å². The van der Waals surface area contributed by atoms with E-state index in [1.807, 2.05) is 46.8 Å². The lowest BCUT2D eigenvalue weighted by atomic mass is 10.1. The maximum Gasteiger partial charge on any atom is 0.262 e. The first kappa shape index (κ1) is 17.1. The number of nitrogens with one attached hydrogen (secondary N) is 1. The van der Waals surface area contributed by atoms with Crippen LogP contribution in [0.15, 0.2) is 18.2 Å². The monoisotopic (exact) mass is 287 g/mol. The lowest BCUT2D eigenvalue weighted by molar-refractivity contribution is -0.129. The average molecular weight is 287 g/mol. The van der Waals surface area contributed by atoms with Gasteiger partial charge >= 0.3 is 0 Å². The SMILES string of the molecule is CC#CC(C)(C)NC(=O)C(CC)Oc1cc(C)cc(C)c1. The molecule has 0 radical (unpaired) electrons. The van der Waals surface area contributed by atoms with Crippen molar-refractivity contribution in [3.05, 3.63) is 29.3 Å². The first-order valence-electron chi connectivity index (χ1n) is 7.28. The van der Waals surface area contributed by atoms with Crippen molar-refractivity contribution in [1.29, 1.82) is 0 Å². The summed E-state index contributed by atoms with van der Waals surface area (Å²) in [5.74, 6) is 6.40. The molecule has 0 aliphatic carbocycles. The minimum atomic E-state index is -0.550. The lowest BCUT2D eigenvalue weighted by Crippen LogP contribution is -2.48. The van der Waals surface area contributed by atoms with Gasteiger partial charge in [-0.2, -0.15) is 0 Å². The van der Waals surface area contributed by atoms with E-state index in [1.165, 1.54) is 0 Å². The number of ether oxygens (including phenoxy) is 1. The molecule has 0 spiro atoms. The van der Waals surface area contributed by atoms with Crippen molar-refractivity contribution in [1.82, 2.24) is 5.32 Å². The fourth-order valence-electron chi connectivity index (χ4n) is 2.22. The first-order chi connectivity index (χ1) is 9.77. The molecule has 0 aliphatic rings. The van der Waals surface area contributed by atoms with Crippen molar-refractivity contribution >= 4 is 5.91 Å². The molecule has 1 aromatic carbocycles. The summed E-state index contributed by atoms with van der Waals surface area (Å²) >= 11 is 0. The summed E-state index contributed by atoms with van der Waals surface area (Å²) in [7, 11) is 0. The Bertz CT molecular complexity index is 544. The molecule has 0 aliphatic heterocycles. The van der Waals surface area contributed by atoms with Crippen LogP contribution in [0.2, 0.25) is 0 Å². The van der Waals surface area contributed by atoms with E-state index in [0.29, 0.717) is 6.42 Å². The number of aryl methyl sites for hydroxylation is 2. The zero-order valence-corrected chi connectivity index (χ0v) is 13.8. The molecule has 3 nitrogen and oxygen atoms in total. The summed E-state index contributed by atoms with van der Waals surface area (Å²) in [5, 5.41) is 2.92. The van der Waals surface area contributed by atoms with Crippen LogP contribution in [0.25, 0.3) is 0 Å². The Morgan fingerprint density at radius 2 is 1.86 bits per heavy atom. The maximum absolute atomic E-state index is 12.3. The normalized spacial score (nSPS) is 12.1. The van der Waals surface area contributed by atoms with Gasteiger partial charge in [-0.15, -0.1) is 5.92 Å². The summed E-state index contributed by atoms with van der Waals surface area (Å²) in [6, 6.07) is 5.97. The molecule has 0 saturated heterocycles. The number of carbonyl (C=O) groups is 1. The Morgan fingerprint density at radius 3 is 2.33 bits per heavy atom. The van der Waals surface area contributed by atoms with Gasteiger partial charge < -0.3 is 10.1 Å². The first-order valence-corrected chi connectivity index (χ1v) is 7.28. The smallest absolute Gasteiger partial charge is 0.262 e. The van der Waals surface area contributed by atoms with E-state index in [1.54, 1.807) is 6.92 Å². The van der Waals surface area contributed by atoms with Gasteiger partial charge in [-0.25, -0.2) is 0 Å². The van der Waals surface area contributed by atoms with Crippen LogP contribution in [0.4, 0.5) is 0 Å². The third-order valence-electron chi connectivity index (χ3n) is 3.01. The molecule has 0 aromatic heterocycles. The predicted octanol–water partition coefficient (Wildman–Crippen LogP) is 3.38. The van der Waals surface area contributed by atoms with Crippen LogP contribution in [0.3, 0.4) is 0 Å². The van der Waals surface area contributed by atoms with E-state index in [2.05, 4.69) is 23.2 Å². The molecule has 0 fully saturated rings. The van der Waals surface area contributed by atoms with Crippen molar-refractivity contribution in [3.8, 4) is 17.6 Å². The minimum Gasteiger partial charge on any atom is -0.481 e. The van der Waals surface area contributed by atoms with Gasteiger partial charge in [-0.05, 0) is 64.3 Å². The Kier molecular flexibility index (Phi) is 5.84. The van der Waals surface area contributed by atoms with Gasteiger partial charge in [-0.1, -0.05) is 18.9 Å². The van der Waals surface area contributed by atoms with Crippen LogP contribution in [0.1, 0.15) is 45.2 Å². The van der Waals surface area contributed by atoms with Crippen LogP contribution in [0, 0.1) is 25.7 Å². The molecule has 1 atom stereocenters. The molecule has 1 aromatic rings. The second kappa shape index (κ2) is 7.17. The van der Waals surface area contributed by atoms with Gasteiger partial charge in [0.25, 0.3) is 5.91 Å². The van der Waals surface area contributed by atoms with Crippen LogP contribution in [-0.4, -0.2) is 17.6 Å². The Balaban J connectivity index is 2.82. The molecular formula is C18H25NO2. The standard InChI is InChI=1S/C18H25NO2/c1-7-9-18(5,6)19-17(20)16(8-2)21-15-11-13(3)10-14(4)12-15/h10-12,16H,8H2,1-6H3,(H,19,20). The van der Waals surface area contributed by atoms with Crippen molar-refractivity contribution < 1.29 is 9.53 Å². The third kappa shape index (κ3) is 5.51. The zero-order chi connectivity index (χ0) is 16.0. The van der Waals surface area contributed by atoms with E-state index in [0.717, 1.165) is 16.9 Å². The molecule has 114 valence electrons. The number of benzene rings is 1. The highest BCUT2D eigenvalue weighted by Gasteiger charge is 2.24. The molecule has 3 heteroatoms. The van der Waals surface area contributed by atoms with Gasteiger partial charge in [0.2, 0.25) is 0 Å². The second-order valence-corrected chi connectivity index (χ2v) is 5.83. The van der Waals surface area contributed by atoms with Gasteiger partial charge in [0.05, 0.1) is 5.54 Å². The molecule has 21 heavy (non-hydrogen) atoms. The fraction of sp³-hybridized carbons (Fsp3) is 0.500. The Labute approximate surface area is 128 Å². The molecule has 1 rings (SSSR count). The van der Waals surface area contributed by atoms with Crippen molar-refractivity contribution in [2.45, 2.75) is 59.6 Å². The number of carbonyl (C=O) groups excluding carboxylic acids is 1. The van der Waals surface area contributed by atoms with E-state index in [-0.39, 0.29) is 5.91 Å². The van der Waals surface area contributed by atoms with Crippen LogP contribution < -0.4 is 10.1 Å². The minimum absolute atomic E-state index is 0.135. The van der Waals surface area contributed by atoms with Crippen LogP contribution in [-0.2, 0) is 4.79 Å². The average Bonchev–Trinajstić information content (AvgIpc) is 2.33. The van der Waals surface area contributed by atoms with Crippen molar-refractivity contribution in [2.75, 3.05) is 0 Å². The van der Waals surface area contributed by atoms with Gasteiger partial charge in [0.15, 0.2) is 6.10 Å². The lowest BCUT2D eigenvalue weighted by Gasteiger charge is -2.24. The summed E-state index contributed by atoms with van der Waals surface area (Å²) < 4.78 is 5.85. The number of amides is 1. The predicted molar refractivity (Wildman–Crippen MR) is 86.3 cm³/mol. The highest BCUT2D eigenvalue weighted by atomic mass is 16.5. The van der Waals surface area contributed by atoms with Gasteiger partial charge in [0, 0.05) is 0 Å². The third-order valence-corrected chi connectivity index (χ3v) is 3.01. The van der Waals surface area contributed by atoms with Crippen molar-refractivity contribution in [3.63, 3.8) is 0 Å². The molecule has 0 saturated carbocycles. The quantitative estimate of drug-likeness (QED) is 0.843. The van der Waals surface area contributed by atoms with Crippen molar-refractivity contribution in [2.24, 2.45) is 0 Å². The summed E-state index contributed by atoms with van der Waals surface area (Å²) in [5.41, 5.74) is 1.69. The summed E-state index contributed by atoms with van der Waals surface area (Å²) in [6.07, 6.45) is 0.0955. The van der Waals surface area contributed by atoms with Gasteiger partial charge in [0.1, 0.15) is 5.75 Å². The molecule has 0 bridgehead atoms. The highest BCUT2D eigenvalue weighted by molar-refractivity contribution is 5.82. The fourth-order valence-corrected chi connectivity index (χ4v) is 2.22. The maximum atomic E-state index is 12.3. The largest absolute Gasteiger partial charge is 0.481 e. The molecule has 1 N–H and O–H groups in total. The molecule has 1 amide bonds. The topological polar surface area (TPSA) is 38.3 Å². The number of rotatable bonds is 5. The molecule has 1 unspecified atom stereocenters. The molecule has 0 heterocycles. The van der Waals surface area contributed by atoms with Gasteiger partial charge in [-0.3, -0.25) is 4.79 Å². The number of hydrogen-bond acceptors (Lipinski definition) is 2. The highest BCUT2D eigenvalue weighted by Crippen LogP contribution is 2.19. The molecular weight excluding hydrogens is 262 g/mol. The zero-order valence-electron chi connectivity index (χ0n) is 13.8. The second-order valence-electron chi connectivity index (χ2n) is 5.83.